The van der Waals surface area contributed by atoms with E-state index >= 15 is 0 Å². The molecule has 1 aliphatic rings. The quantitative estimate of drug-likeness (QED) is 0.479. The van der Waals surface area contributed by atoms with E-state index in [0.29, 0.717) is 36.0 Å². The van der Waals surface area contributed by atoms with Crippen molar-refractivity contribution in [3.05, 3.63) is 22.8 Å². The fraction of sp³-hybridized carbons (Fsp3) is 0.500. The third-order valence-corrected chi connectivity index (χ3v) is 3.91. The molecule has 0 aliphatic carbocycles. The lowest BCUT2D eigenvalue weighted by molar-refractivity contribution is -0.0307. The second-order valence-corrected chi connectivity index (χ2v) is 5.63. The first-order valence-corrected chi connectivity index (χ1v) is 7.92. The van der Waals surface area contributed by atoms with Gasteiger partial charge in [0.2, 0.25) is 5.28 Å². The summed E-state index contributed by atoms with van der Waals surface area (Å²) in [5.74, 6) is 0.990. The highest BCUT2D eigenvalue weighted by Gasteiger charge is 2.26. The molecule has 1 fully saturated rings. The molecule has 8 heteroatoms. The van der Waals surface area contributed by atoms with Crippen molar-refractivity contribution in [2.24, 2.45) is 0 Å². The van der Waals surface area contributed by atoms with E-state index in [-0.39, 0.29) is 16.7 Å². The van der Waals surface area contributed by atoms with Crippen LogP contribution < -0.4 is 0 Å². The zero-order valence-corrected chi connectivity index (χ0v) is 13.7. The van der Waals surface area contributed by atoms with Crippen LogP contribution in [0.25, 0.3) is 16.9 Å². The summed E-state index contributed by atoms with van der Waals surface area (Å²) in [6, 6.07) is 0. The van der Waals surface area contributed by atoms with Gasteiger partial charge >= 0.3 is 0 Å². The molecule has 1 aliphatic heterocycles. The first-order chi connectivity index (χ1) is 10.6. The predicted molar refractivity (Wildman–Crippen MR) is 84.8 cm³/mol. The summed E-state index contributed by atoms with van der Waals surface area (Å²) in [4.78, 5) is 12.7. The maximum atomic E-state index is 6.15. The molecule has 2 aromatic rings. The molecule has 0 radical (unpaired) electrons. The Morgan fingerprint density at radius 3 is 2.86 bits per heavy atom. The van der Waals surface area contributed by atoms with Crippen molar-refractivity contribution in [2.45, 2.75) is 32.4 Å². The molecule has 0 N–H and O–H groups in total. The molecule has 0 saturated carbocycles. The van der Waals surface area contributed by atoms with Gasteiger partial charge in [-0.2, -0.15) is 4.98 Å². The Morgan fingerprint density at radius 2 is 2.18 bits per heavy atom. The lowest BCUT2D eigenvalue weighted by atomic mass is 10.2. The number of hydrogen-bond donors (Lipinski definition) is 0. The van der Waals surface area contributed by atoms with E-state index in [0.717, 1.165) is 19.3 Å². The van der Waals surface area contributed by atoms with Gasteiger partial charge in [0.15, 0.2) is 22.4 Å². The van der Waals surface area contributed by atoms with Crippen molar-refractivity contribution in [2.75, 3.05) is 13.2 Å². The van der Waals surface area contributed by atoms with Gasteiger partial charge in [0.05, 0.1) is 6.61 Å². The second-order valence-electron chi connectivity index (χ2n) is 4.94. The Morgan fingerprint density at radius 1 is 1.36 bits per heavy atom. The number of halogens is 2. The fourth-order valence-electron chi connectivity index (χ4n) is 2.55. The Balaban J connectivity index is 2.19. The van der Waals surface area contributed by atoms with E-state index in [1.54, 1.807) is 0 Å². The maximum absolute atomic E-state index is 6.15. The molecule has 0 spiro atoms. The van der Waals surface area contributed by atoms with Crippen molar-refractivity contribution >= 4 is 40.1 Å². The normalized spacial score (nSPS) is 18.6. The molecule has 6 nitrogen and oxygen atoms in total. The Kier molecular flexibility index (Phi) is 4.52. The van der Waals surface area contributed by atoms with E-state index in [1.807, 2.05) is 11.5 Å². The lowest BCUT2D eigenvalue weighted by Crippen LogP contribution is -2.20. The van der Waals surface area contributed by atoms with Crippen LogP contribution in [0.1, 0.15) is 38.2 Å². The van der Waals surface area contributed by atoms with E-state index in [9.17, 15) is 0 Å². The predicted octanol–water partition coefficient (Wildman–Crippen LogP) is 3.84. The first-order valence-electron chi connectivity index (χ1n) is 7.16. The average molecular weight is 343 g/mol. The highest BCUT2D eigenvalue weighted by molar-refractivity contribution is 6.35. The molecule has 118 valence electrons. The topological polar surface area (TPSA) is 62.1 Å². The van der Waals surface area contributed by atoms with Crippen LogP contribution in [0.2, 0.25) is 10.4 Å². The van der Waals surface area contributed by atoms with Gasteiger partial charge in [0.25, 0.3) is 0 Å². The first kappa shape index (κ1) is 15.5. The highest BCUT2D eigenvalue weighted by Crippen LogP contribution is 2.32. The van der Waals surface area contributed by atoms with Crippen molar-refractivity contribution in [1.82, 2.24) is 19.5 Å². The average Bonchev–Trinajstić information content (AvgIpc) is 2.88. The van der Waals surface area contributed by atoms with E-state index < -0.39 is 0 Å². The van der Waals surface area contributed by atoms with Gasteiger partial charge in [-0.1, -0.05) is 18.2 Å². The monoisotopic (exact) mass is 342 g/mol. The number of fused-ring (bicyclic) bond motifs is 1. The molecule has 0 bridgehead atoms. The van der Waals surface area contributed by atoms with Crippen LogP contribution in [0.15, 0.2) is 6.58 Å². The number of aromatic nitrogens is 4. The molecule has 1 unspecified atom stereocenters. The highest BCUT2D eigenvalue weighted by atomic mass is 35.5. The van der Waals surface area contributed by atoms with Crippen LogP contribution in [0.4, 0.5) is 0 Å². The number of ether oxygens (including phenoxy) is 2. The number of imidazole rings is 1. The summed E-state index contributed by atoms with van der Waals surface area (Å²) >= 11 is 12.1. The smallest absolute Gasteiger partial charge is 0.225 e. The van der Waals surface area contributed by atoms with Gasteiger partial charge in [-0.05, 0) is 37.8 Å². The molecule has 0 aromatic carbocycles. The zero-order valence-electron chi connectivity index (χ0n) is 12.2. The SMILES string of the molecule is C=C(OCC)c1nc2c(Cl)nc(Cl)nc2n1C1CCCCO1. The molecule has 2 aromatic heterocycles. The number of hydrogen-bond acceptors (Lipinski definition) is 5. The van der Waals surface area contributed by atoms with Crippen molar-refractivity contribution in [3.63, 3.8) is 0 Å². The summed E-state index contributed by atoms with van der Waals surface area (Å²) in [6.45, 7) is 7.01. The van der Waals surface area contributed by atoms with Crippen LogP contribution in [0.3, 0.4) is 0 Å². The summed E-state index contributed by atoms with van der Waals surface area (Å²) in [5, 5.41) is 0.276. The largest absolute Gasteiger partial charge is 0.491 e. The summed E-state index contributed by atoms with van der Waals surface area (Å²) in [6.07, 6.45) is 2.78. The maximum Gasteiger partial charge on any atom is 0.225 e. The Hall–Kier alpha value is -1.37. The Bertz CT molecular complexity index is 710. The van der Waals surface area contributed by atoms with Crippen molar-refractivity contribution in [3.8, 4) is 0 Å². The molecular weight excluding hydrogens is 327 g/mol. The van der Waals surface area contributed by atoms with Gasteiger partial charge in [-0.15, -0.1) is 0 Å². The van der Waals surface area contributed by atoms with Crippen molar-refractivity contribution in [1.29, 1.82) is 0 Å². The minimum Gasteiger partial charge on any atom is -0.491 e. The molecule has 1 saturated heterocycles. The molecule has 3 heterocycles. The van der Waals surface area contributed by atoms with Gasteiger partial charge in [-0.25, -0.2) is 9.97 Å². The number of rotatable bonds is 4. The van der Waals surface area contributed by atoms with E-state index in [1.165, 1.54) is 0 Å². The van der Waals surface area contributed by atoms with Crippen LogP contribution in [-0.4, -0.2) is 32.7 Å². The minimum absolute atomic E-state index is 0.0723. The summed E-state index contributed by atoms with van der Waals surface area (Å²) in [7, 11) is 0. The van der Waals surface area contributed by atoms with Crippen LogP contribution in [-0.2, 0) is 9.47 Å². The zero-order chi connectivity index (χ0) is 15.7. The third-order valence-electron chi connectivity index (χ3n) is 3.48. The molecule has 22 heavy (non-hydrogen) atoms. The van der Waals surface area contributed by atoms with Crippen molar-refractivity contribution < 1.29 is 9.47 Å². The molecule has 1 atom stereocenters. The molecular formula is C14H16Cl2N4O2. The van der Waals surface area contributed by atoms with Gasteiger partial charge in [0, 0.05) is 6.61 Å². The van der Waals surface area contributed by atoms with Crippen LogP contribution >= 0.6 is 23.2 Å². The lowest BCUT2D eigenvalue weighted by Gasteiger charge is -2.25. The third kappa shape index (κ3) is 2.78. The van der Waals surface area contributed by atoms with Crippen LogP contribution in [0, 0.1) is 0 Å². The fourth-order valence-corrected chi connectivity index (χ4v) is 2.97. The standard InChI is InChI=1S/C14H16Cl2N4O2/c1-3-21-8(2)12-17-10-11(15)18-14(16)19-13(10)20(12)9-6-4-5-7-22-9/h9H,2-7H2,1H3. The van der Waals surface area contributed by atoms with E-state index in [2.05, 4.69) is 21.5 Å². The van der Waals surface area contributed by atoms with Gasteiger partial charge < -0.3 is 9.47 Å². The second kappa shape index (κ2) is 6.40. The molecule has 3 rings (SSSR count). The summed E-state index contributed by atoms with van der Waals surface area (Å²) in [5.41, 5.74) is 1.00. The minimum atomic E-state index is -0.187. The molecule has 0 amide bonds. The van der Waals surface area contributed by atoms with Gasteiger partial charge in [0.1, 0.15) is 11.7 Å². The van der Waals surface area contributed by atoms with Gasteiger partial charge in [-0.3, -0.25) is 4.57 Å². The van der Waals surface area contributed by atoms with Crippen LogP contribution in [0.5, 0.6) is 0 Å². The van der Waals surface area contributed by atoms with E-state index in [4.69, 9.17) is 32.7 Å². The summed E-state index contributed by atoms with van der Waals surface area (Å²) < 4.78 is 13.2. The Labute approximate surface area is 138 Å². The number of nitrogens with zero attached hydrogens (tertiary/aromatic N) is 4.